The van der Waals surface area contributed by atoms with Crippen molar-refractivity contribution in [3.63, 3.8) is 0 Å². The molecule has 2 heteroatoms. The van der Waals surface area contributed by atoms with Crippen LogP contribution in [0.2, 0.25) is 0 Å². The smallest absolute Gasteiger partial charge is 0.0704 e. The van der Waals surface area contributed by atoms with Gasteiger partial charge in [-0.1, -0.05) is 77.6 Å². The first kappa shape index (κ1) is 18.3. The van der Waals surface area contributed by atoms with E-state index < -0.39 is 0 Å². The van der Waals surface area contributed by atoms with Gasteiger partial charge in [0.15, 0.2) is 0 Å². The minimum atomic E-state index is 0.478. The lowest BCUT2D eigenvalue weighted by Gasteiger charge is -2.42. The second-order valence-corrected chi connectivity index (χ2v) is 7.56. The van der Waals surface area contributed by atoms with Gasteiger partial charge in [0.25, 0.3) is 0 Å². The third-order valence-corrected chi connectivity index (χ3v) is 6.01. The molecular weight excluding hydrogens is 272 g/mol. The van der Waals surface area contributed by atoms with E-state index in [1.807, 2.05) is 0 Å². The minimum absolute atomic E-state index is 0.478. The predicted molar refractivity (Wildman–Crippen MR) is 93.2 cm³/mol. The third-order valence-electron chi connectivity index (χ3n) is 6.01. The highest BCUT2D eigenvalue weighted by atomic mass is 16.5. The van der Waals surface area contributed by atoms with Gasteiger partial charge in [-0.3, -0.25) is 0 Å². The molecule has 0 heterocycles. The van der Waals surface area contributed by atoms with Gasteiger partial charge >= 0.3 is 0 Å². The molecule has 0 amide bonds. The molecule has 0 aromatic heterocycles. The Morgan fingerprint density at radius 3 is 1.82 bits per heavy atom. The normalized spacial score (nSPS) is 23.0. The van der Waals surface area contributed by atoms with E-state index in [-0.39, 0.29) is 0 Å². The molecule has 1 atom stereocenters. The maximum absolute atomic E-state index is 6.37. The van der Waals surface area contributed by atoms with Crippen LogP contribution >= 0.6 is 0 Å². The molecule has 0 aromatic rings. The Bertz CT molecular complexity index is 249. The van der Waals surface area contributed by atoms with E-state index >= 15 is 0 Å². The topological polar surface area (TPSA) is 18.5 Å². The molecular formula is C20H38O2. The number of rotatable bonds is 9. The van der Waals surface area contributed by atoms with Gasteiger partial charge in [0, 0.05) is 7.11 Å². The van der Waals surface area contributed by atoms with E-state index in [0.29, 0.717) is 6.10 Å². The van der Waals surface area contributed by atoms with Gasteiger partial charge in [-0.15, -0.1) is 0 Å². The fourth-order valence-corrected chi connectivity index (χ4v) is 4.98. The van der Waals surface area contributed by atoms with Gasteiger partial charge in [0.05, 0.1) is 19.3 Å². The summed E-state index contributed by atoms with van der Waals surface area (Å²) in [6.45, 7) is 3.82. The van der Waals surface area contributed by atoms with Crippen molar-refractivity contribution in [2.45, 2.75) is 90.1 Å². The fraction of sp³-hybridized carbons (Fsp3) is 1.00. The summed E-state index contributed by atoms with van der Waals surface area (Å²) in [6.07, 6.45) is 17.5. The average molecular weight is 311 g/mol. The van der Waals surface area contributed by atoms with Crippen molar-refractivity contribution in [3.8, 4) is 0 Å². The molecule has 0 spiro atoms. The van der Waals surface area contributed by atoms with Crippen LogP contribution in [0, 0.1) is 17.8 Å². The van der Waals surface area contributed by atoms with E-state index in [4.69, 9.17) is 9.47 Å². The highest BCUT2D eigenvalue weighted by Gasteiger charge is 2.36. The molecule has 2 aliphatic carbocycles. The quantitative estimate of drug-likeness (QED) is 0.516. The second-order valence-electron chi connectivity index (χ2n) is 7.56. The average Bonchev–Trinajstić information content (AvgIpc) is 2.57. The lowest BCUT2D eigenvalue weighted by atomic mass is 9.67. The Balaban J connectivity index is 2.03. The number of ether oxygens (including phenoxy) is 2. The predicted octanol–water partition coefficient (Wildman–Crippen LogP) is 5.59. The highest BCUT2D eigenvalue weighted by molar-refractivity contribution is 4.86. The summed E-state index contributed by atoms with van der Waals surface area (Å²) in [4.78, 5) is 0. The van der Waals surface area contributed by atoms with Crippen molar-refractivity contribution in [3.05, 3.63) is 0 Å². The van der Waals surface area contributed by atoms with Crippen LogP contribution in [0.25, 0.3) is 0 Å². The molecule has 0 bridgehead atoms. The van der Waals surface area contributed by atoms with Crippen LogP contribution in [0.1, 0.15) is 84.0 Å². The minimum Gasteiger partial charge on any atom is -0.382 e. The van der Waals surface area contributed by atoms with Crippen molar-refractivity contribution >= 4 is 0 Å². The van der Waals surface area contributed by atoms with Gasteiger partial charge in [-0.25, -0.2) is 0 Å². The number of hydrogen-bond donors (Lipinski definition) is 0. The molecule has 0 aliphatic heterocycles. The van der Waals surface area contributed by atoms with Gasteiger partial charge < -0.3 is 9.47 Å². The Morgan fingerprint density at radius 1 is 0.818 bits per heavy atom. The lowest BCUT2D eigenvalue weighted by Crippen LogP contribution is -2.38. The molecule has 130 valence electrons. The second kappa shape index (κ2) is 10.6. The summed E-state index contributed by atoms with van der Waals surface area (Å²) in [5, 5.41) is 0. The Morgan fingerprint density at radius 2 is 1.36 bits per heavy atom. The number of methoxy groups -OCH3 is 1. The molecule has 1 unspecified atom stereocenters. The molecule has 2 aliphatic rings. The number of hydrogen-bond acceptors (Lipinski definition) is 2. The van der Waals surface area contributed by atoms with Gasteiger partial charge in [-0.05, 0) is 24.2 Å². The Labute approximate surface area is 138 Å². The van der Waals surface area contributed by atoms with Crippen LogP contribution < -0.4 is 0 Å². The van der Waals surface area contributed by atoms with E-state index in [1.54, 1.807) is 7.11 Å². The van der Waals surface area contributed by atoms with Crippen molar-refractivity contribution in [2.75, 3.05) is 20.3 Å². The molecule has 2 saturated carbocycles. The first-order valence-corrected chi connectivity index (χ1v) is 9.97. The molecule has 2 fully saturated rings. The standard InChI is InChI=1S/C20H38O2/c1-3-10-19(22-16-15-21-2)20(17-11-6-4-7-12-17)18-13-8-5-9-14-18/h17-20H,3-16H2,1-2H3. The molecule has 2 rings (SSSR count). The summed E-state index contributed by atoms with van der Waals surface area (Å²) in [6, 6.07) is 0. The van der Waals surface area contributed by atoms with Crippen LogP contribution in [0.5, 0.6) is 0 Å². The van der Waals surface area contributed by atoms with E-state index in [1.165, 1.54) is 77.0 Å². The summed E-state index contributed by atoms with van der Waals surface area (Å²) in [7, 11) is 1.78. The Hall–Kier alpha value is -0.0800. The SMILES string of the molecule is CCCC(OCCOC)C(C1CCCCC1)C1CCCCC1. The molecule has 0 aromatic carbocycles. The van der Waals surface area contributed by atoms with Crippen LogP contribution in [-0.4, -0.2) is 26.4 Å². The zero-order valence-electron chi connectivity index (χ0n) is 15.0. The molecule has 22 heavy (non-hydrogen) atoms. The summed E-state index contributed by atoms with van der Waals surface area (Å²) >= 11 is 0. The van der Waals surface area contributed by atoms with E-state index in [2.05, 4.69) is 6.92 Å². The monoisotopic (exact) mass is 310 g/mol. The molecule has 0 N–H and O–H groups in total. The lowest BCUT2D eigenvalue weighted by molar-refractivity contribution is -0.0611. The molecule has 0 saturated heterocycles. The van der Waals surface area contributed by atoms with Crippen molar-refractivity contribution in [1.82, 2.24) is 0 Å². The first-order valence-electron chi connectivity index (χ1n) is 9.97. The van der Waals surface area contributed by atoms with Gasteiger partial charge in [0.1, 0.15) is 0 Å². The summed E-state index contributed by atoms with van der Waals surface area (Å²) in [5.74, 6) is 2.67. The van der Waals surface area contributed by atoms with Crippen LogP contribution in [0.15, 0.2) is 0 Å². The maximum Gasteiger partial charge on any atom is 0.0704 e. The largest absolute Gasteiger partial charge is 0.382 e. The zero-order valence-corrected chi connectivity index (χ0v) is 15.0. The Kier molecular flexibility index (Phi) is 8.84. The van der Waals surface area contributed by atoms with Gasteiger partial charge in [-0.2, -0.15) is 0 Å². The van der Waals surface area contributed by atoms with Crippen LogP contribution in [0.3, 0.4) is 0 Å². The fourth-order valence-electron chi connectivity index (χ4n) is 4.98. The highest BCUT2D eigenvalue weighted by Crippen LogP contribution is 2.43. The molecule has 2 nitrogen and oxygen atoms in total. The van der Waals surface area contributed by atoms with Crippen LogP contribution in [0.4, 0.5) is 0 Å². The van der Waals surface area contributed by atoms with Gasteiger partial charge in [0.2, 0.25) is 0 Å². The summed E-state index contributed by atoms with van der Waals surface area (Å²) in [5.41, 5.74) is 0. The van der Waals surface area contributed by atoms with Crippen molar-refractivity contribution in [2.24, 2.45) is 17.8 Å². The van der Waals surface area contributed by atoms with E-state index in [9.17, 15) is 0 Å². The van der Waals surface area contributed by atoms with E-state index in [0.717, 1.165) is 31.0 Å². The third kappa shape index (κ3) is 5.53. The first-order chi connectivity index (χ1) is 10.9. The maximum atomic E-state index is 6.37. The zero-order chi connectivity index (χ0) is 15.6. The molecule has 0 radical (unpaired) electrons. The van der Waals surface area contributed by atoms with Crippen molar-refractivity contribution in [1.29, 1.82) is 0 Å². The van der Waals surface area contributed by atoms with Crippen LogP contribution in [-0.2, 0) is 9.47 Å². The van der Waals surface area contributed by atoms with Crippen molar-refractivity contribution < 1.29 is 9.47 Å². The summed E-state index contributed by atoms with van der Waals surface area (Å²) < 4.78 is 11.6.